The zero-order valence-corrected chi connectivity index (χ0v) is 18.3. The van der Waals surface area contributed by atoms with Gasteiger partial charge in [-0.05, 0) is 124 Å². The molecule has 1 nitrogen and oxygen atoms in total. The largest absolute Gasteiger partial charge is 0.414 e. The number of rotatable bonds is 2. The quantitative estimate of drug-likeness (QED) is 0.511. The van der Waals surface area contributed by atoms with Gasteiger partial charge >= 0.3 is 0 Å². The smallest absolute Gasteiger partial charge is 0.184 e. The Bertz CT molecular complexity index is 553. The van der Waals surface area contributed by atoms with Crippen molar-refractivity contribution >= 4 is 8.32 Å². The summed E-state index contributed by atoms with van der Waals surface area (Å²) in [7, 11) is -1.44. The second-order valence-corrected chi connectivity index (χ2v) is 16.7. The molecule has 0 spiro atoms. The molecule has 0 aromatic rings. The summed E-state index contributed by atoms with van der Waals surface area (Å²) < 4.78 is 6.75. The Hall–Kier alpha value is 0.177. The lowest BCUT2D eigenvalue weighted by atomic mass is 9.45. The second kappa shape index (κ2) is 5.37. The van der Waals surface area contributed by atoms with Crippen molar-refractivity contribution in [1.82, 2.24) is 0 Å². The average Bonchev–Trinajstić information content (AvgIpc) is 3.17. The van der Waals surface area contributed by atoms with Gasteiger partial charge in [0.2, 0.25) is 0 Å². The second-order valence-electron chi connectivity index (χ2n) is 12.2. The normalized spacial score (nSPS) is 57.2. The summed E-state index contributed by atoms with van der Waals surface area (Å²) in [6.45, 7) is 12.5. The lowest BCUT2D eigenvalue weighted by molar-refractivity contribution is -0.120. The van der Waals surface area contributed by atoms with Crippen LogP contribution in [0.25, 0.3) is 0 Å². The highest BCUT2D eigenvalue weighted by molar-refractivity contribution is 6.69. The Morgan fingerprint density at radius 2 is 1.56 bits per heavy atom. The first kappa shape index (κ1) is 17.3. The summed E-state index contributed by atoms with van der Waals surface area (Å²) in [5.41, 5.74) is 1.18. The Balaban J connectivity index is 1.40. The Morgan fingerprint density at radius 1 is 0.800 bits per heavy atom. The summed E-state index contributed by atoms with van der Waals surface area (Å²) in [5, 5.41) is 0. The minimum atomic E-state index is -1.44. The predicted molar refractivity (Wildman–Crippen MR) is 107 cm³/mol. The summed E-state index contributed by atoms with van der Waals surface area (Å²) in [6.07, 6.45) is 14.2. The molecule has 5 rings (SSSR count). The fraction of sp³-hybridized carbons (Fsp3) is 1.00. The van der Waals surface area contributed by atoms with Crippen molar-refractivity contribution in [3.05, 3.63) is 0 Å². The lowest BCUT2D eigenvalue weighted by Gasteiger charge is -2.60. The fourth-order valence-corrected chi connectivity index (χ4v) is 9.83. The fourth-order valence-electron chi connectivity index (χ4n) is 8.59. The number of hydrogen-bond donors (Lipinski definition) is 0. The molecule has 0 saturated heterocycles. The van der Waals surface area contributed by atoms with Crippen molar-refractivity contribution in [1.29, 1.82) is 0 Å². The van der Waals surface area contributed by atoms with Crippen molar-refractivity contribution in [2.75, 3.05) is 0 Å². The summed E-state index contributed by atoms with van der Waals surface area (Å²) in [4.78, 5) is 0. The SMILES string of the molecule is C[C@]12CCC3C(CC[C@H]4C[C@@H]5C[C@@H]5C[C@]34C)C1CC[C@@H]2O[Si](C)(C)C. The van der Waals surface area contributed by atoms with E-state index in [-0.39, 0.29) is 0 Å². The van der Waals surface area contributed by atoms with Crippen LogP contribution < -0.4 is 0 Å². The molecule has 5 saturated carbocycles. The van der Waals surface area contributed by atoms with E-state index < -0.39 is 8.32 Å². The van der Waals surface area contributed by atoms with Crippen LogP contribution in [-0.2, 0) is 4.43 Å². The van der Waals surface area contributed by atoms with Gasteiger partial charge in [0.15, 0.2) is 8.32 Å². The van der Waals surface area contributed by atoms with Gasteiger partial charge < -0.3 is 4.43 Å². The third-order valence-corrected chi connectivity index (χ3v) is 10.8. The van der Waals surface area contributed by atoms with Crippen molar-refractivity contribution in [2.24, 2.45) is 46.3 Å². The van der Waals surface area contributed by atoms with Crippen LogP contribution in [0.3, 0.4) is 0 Å². The van der Waals surface area contributed by atoms with Gasteiger partial charge in [-0.3, -0.25) is 0 Å². The van der Waals surface area contributed by atoms with E-state index in [2.05, 4.69) is 33.5 Å². The Morgan fingerprint density at radius 3 is 2.32 bits per heavy atom. The first-order valence-corrected chi connectivity index (χ1v) is 14.8. The van der Waals surface area contributed by atoms with Crippen molar-refractivity contribution in [2.45, 2.75) is 97.4 Å². The Kier molecular flexibility index (Phi) is 3.71. The molecule has 5 aliphatic carbocycles. The van der Waals surface area contributed by atoms with E-state index in [1.165, 1.54) is 25.7 Å². The molecule has 0 N–H and O–H groups in total. The zero-order valence-electron chi connectivity index (χ0n) is 17.3. The van der Waals surface area contributed by atoms with Crippen LogP contribution in [0, 0.1) is 46.3 Å². The molecule has 25 heavy (non-hydrogen) atoms. The van der Waals surface area contributed by atoms with Gasteiger partial charge in [0.1, 0.15) is 0 Å². The van der Waals surface area contributed by atoms with E-state index in [4.69, 9.17) is 4.43 Å². The highest BCUT2D eigenvalue weighted by Gasteiger charge is 2.63. The average molecular weight is 361 g/mol. The molecule has 0 aromatic carbocycles. The van der Waals surface area contributed by atoms with Gasteiger partial charge in [0, 0.05) is 0 Å². The predicted octanol–water partition coefficient (Wildman–Crippen LogP) is 6.50. The van der Waals surface area contributed by atoms with Crippen LogP contribution in [-0.4, -0.2) is 14.4 Å². The topological polar surface area (TPSA) is 9.23 Å². The van der Waals surface area contributed by atoms with E-state index in [9.17, 15) is 0 Å². The third kappa shape index (κ3) is 2.56. The van der Waals surface area contributed by atoms with Crippen LogP contribution >= 0.6 is 0 Å². The minimum absolute atomic E-state index is 0.488. The molecular formula is C23H40OSi. The number of fused-ring (bicyclic) bond motifs is 6. The van der Waals surface area contributed by atoms with Crippen molar-refractivity contribution < 1.29 is 4.43 Å². The zero-order chi connectivity index (χ0) is 17.6. The monoisotopic (exact) mass is 360 g/mol. The first-order valence-electron chi connectivity index (χ1n) is 11.4. The molecule has 0 radical (unpaired) electrons. The molecule has 2 heteroatoms. The maximum atomic E-state index is 6.75. The molecule has 0 heterocycles. The molecule has 5 fully saturated rings. The minimum Gasteiger partial charge on any atom is -0.414 e. The standard InChI is InChI=1S/C23H40OSi/c1-22-11-10-20-18(19(22)8-9-21(22)24-25(3,4)5)7-6-17-13-15-12-16(15)14-23(17,20)2/h15-21H,6-14H2,1-5H3/t15-,16+,17-,18?,19?,20?,21-,22-,23-/m0/s1. The molecule has 0 bridgehead atoms. The molecule has 3 unspecified atom stereocenters. The summed E-state index contributed by atoms with van der Waals surface area (Å²) >= 11 is 0. The first-order chi connectivity index (χ1) is 11.7. The van der Waals surface area contributed by atoms with E-state index in [0.29, 0.717) is 16.9 Å². The van der Waals surface area contributed by atoms with Gasteiger partial charge in [-0.25, -0.2) is 0 Å². The van der Waals surface area contributed by atoms with Crippen molar-refractivity contribution in [3.8, 4) is 0 Å². The summed E-state index contributed by atoms with van der Waals surface area (Å²) in [6, 6.07) is 0. The summed E-state index contributed by atoms with van der Waals surface area (Å²) in [5.74, 6) is 6.35. The Labute approximate surface area is 156 Å². The van der Waals surface area contributed by atoms with Crippen LogP contribution in [0.4, 0.5) is 0 Å². The van der Waals surface area contributed by atoms with Gasteiger partial charge in [0.25, 0.3) is 0 Å². The molecule has 9 atom stereocenters. The molecule has 0 aliphatic heterocycles. The lowest BCUT2D eigenvalue weighted by Crippen LogP contribution is -2.54. The molecule has 5 aliphatic rings. The van der Waals surface area contributed by atoms with Crippen molar-refractivity contribution in [3.63, 3.8) is 0 Å². The van der Waals surface area contributed by atoms with E-state index in [1.54, 1.807) is 32.1 Å². The van der Waals surface area contributed by atoms with Gasteiger partial charge in [0.05, 0.1) is 6.10 Å². The molecule has 0 aromatic heterocycles. The highest BCUT2D eigenvalue weighted by Crippen LogP contribution is 2.70. The molecule has 0 amide bonds. The van der Waals surface area contributed by atoms with E-state index >= 15 is 0 Å². The van der Waals surface area contributed by atoms with E-state index in [1.807, 2.05) is 0 Å². The van der Waals surface area contributed by atoms with Crippen LogP contribution in [0.15, 0.2) is 0 Å². The third-order valence-electron chi connectivity index (χ3n) is 9.83. The molecule has 142 valence electrons. The van der Waals surface area contributed by atoms with Crippen LogP contribution in [0.1, 0.15) is 71.6 Å². The van der Waals surface area contributed by atoms with Gasteiger partial charge in [-0.2, -0.15) is 0 Å². The molecular weight excluding hydrogens is 320 g/mol. The van der Waals surface area contributed by atoms with E-state index in [0.717, 1.165) is 35.5 Å². The van der Waals surface area contributed by atoms with Crippen LogP contribution in [0.2, 0.25) is 19.6 Å². The van der Waals surface area contributed by atoms with Gasteiger partial charge in [-0.1, -0.05) is 13.8 Å². The van der Waals surface area contributed by atoms with Crippen LogP contribution in [0.5, 0.6) is 0 Å². The van der Waals surface area contributed by atoms with Gasteiger partial charge in [-0.15, -0.1) is 0 Å². The highest BCUT2D eigenvalue weighted by atomic mass is 28.4. The number of hydrogen-bond acceptors (Lipinski definition) is 1. The maximum absolute atomic E-state index is 6.75. The maximum Gasteiger partial charge on any atom is 0.184 e.